The molecule has 0 heterocycles. The fraction of sp³-hybridized carbons (Fsp3) is 0. The Morgan fingerprint density at radius 2 is 0.800 bits per heavy atom. The topological polar surface area (TPSA) is 3.24 Å². The first kappa shape index (κ1) is 29.2. The Morgan fingerprint density at radius 1 is 0.356 bits per heavy atom. The molecular formula is C44H35N. The van der Waals surface area contributed by atoms with Gasteiger partial charge in [-0.15, -0.1) is 0 Å². The zero-order chi connectivity index (χ0) is 30.7. The van der Waals surface area contributed by atoms with Gasteiger partial charge in [0.2, 0.25) is 0 Å². The van der Waals surface area contributed by atoms with Crippen LogP contribution < -0.4 is 4.90 Å². The van der Waals surface area contributed by atoms with E-state index in [1.807, 2.05) is 12.1 Å². The van der Waals surface area contributed by atoms with Crippen LogP contribution in [-0.2, 0) is 0 Å². The minimum Gasteiger partial charge on any atom is -0.310 e. The van der Waals surface area contributed by atoms with E-state index >= 15 is 0 Å². The Bertz CT molecular complexity index is 1920. The van der Waals surface area contributed by atoms with Crippen molar-refractivity contribution in [1.82, 2.24) is 0 Å². The van der Waals surface area contributed by atoms with Crippen LogP contribution in [0.25, 0.3) is 42.5 Å². The molecule has 0 saturated heterocycles. The van der Waals surface area contributed by atoms with E-state index in [4.69, 9.17) is 0 Å². The molecule has 0 aliphatic rings. The Morgan fingerprint density at radius 3 is 1.31 bits per heavy atom. The summed E-state index contributed by atoms with van der Waals surface area (Å²) in [5, 5.41) is 0. The summed E-state index contributed by atoms with van der Waals surface area (Å²) in [5.41, 5.74) is 11.2. The van der Waals surface area contributed by atoms with Gasteiger partial charge in [-0.05, 0) is 63.7 Å². The lowest BCUT2D eigenvalue weighted by Gasteiger charge is -2.28. The minimum atomic E-state index is 1.08. The summed E-state index contributed by atoms with van der Waals surface area (Å²) in [5.74, 6) is 0. The van der Waals surface area contributed by atoms with Crippen molar-refractivity contribution in [3.05, 3.63) is 203 Å². The molecule has 0 aromatic heterocycles. The van der Waals surface area contributed by atoms with Crippen LogP contribution in [0.3, 0.4) is 0 Å². The van der Waals surface area contributed by atoms with Crippen molar-refractivity contribution in [3.63, 3.8) is 0 Å². The van der Waals surface area contributed by atoms with Gasteiger partial charge in [-0.3, -0.25) is 0 Å². The van der Waals surface area contributed by atoms with Crippen LogP contribution in [0.2, 0.25) is 0 Å². The first-order valence-corrected chi connectivity index (χ1v) is 15.2. The van der Waals surface area contributed by atoms with E-state index in [9.17, 15) is 0 Å². The SMILES string of the molecule is C=Cc1ccc(N(c2ccccc2)c2ccc(C=Cc3ccccc3)c(C=Cc3ccccc3)c2C=Cc2ccccc2)cc1. The third kappa shape index (κ3) is 7.36. The molecule has 1 nitrogen and oxygen atoms in total. The largest absolute Gasteiger partial charge is 0.310 e. The van der Waals surface area contributed by atoms with Crippen LogP contribution in [0.4, 0.5) is 17.1 Å². The Hall–Kier alpha value is -5.92. The second kappa shape index (κ2) is 14.5. The average molecular weight is 578 g/mol. The van der Waals surface area contributed by atoms with Crippen molar-refractivity contribution in [3.8, 4) is 0 Å². The van der Waals surface area contributed by atoms with E-state index in [0.29, 0.717) is 0 Å². The summed E-state index contributed by atoms with van der Waals surface area (Å²) in [7, 11) is 0. The summed E-state index contributed by atoms with van der Waals surface area (Å²) in [6.45, 7) is 3.96. The molecule has 0 saturated carbocycles. The van der Waals surface area contributed by atoms with Crippen LogP contribution in [0, 0.1) is 0 Å². The van der Waals surface area contributed by atoms with Gasteiger partial charge in [0.25, 0.3) is 0 Å². The number of rotatable bonds is 10. The van der Waals surface area contributed by atoms with E-state index < -0.39 is 0 Å². The zero-order valence-electron chi connectivity index (χ0n) is 25.2. The maximum atomic E-state index is 3.96. The standard InChI is InChI=1S/C44H35N/c1-2-35-24-30-41(31-25-35)45(40-21-13-6-14-22-40)44-34-29-39(28-23-36-15-7-3-8-16-36)42(32-26-37-17-9-4-10-18-37)43(44)33-27-38-19-11-5-12-20-38/h2-34H,1H2. The van der Waals surface area contributed by atoms with E-state index in [1.54, 1.807) is 0 Å². The van der Waals surface area contributed by atoms with Crippen LogP contribution in [0.1, 0.15) is 38.9 Å². The van der Waals surface area contributed by atoms with Crippen molar-refractivity contribution in [2.75, 3.05) is 4.90 Å². The maximum Gasteiger partial charge on any atom is 0.0540 e. The van der Waals surface area contributed by atoms with E-state index in [1.165, 1.54) is 0 Å². The molecule has 0 aliphatic heterocycles. The zero-order valence-corrected chi connectivity index (χ0v) is 25.2. The number of hydrogen-bond donors (Lipinski definition) is 0. The molecule has 0 aliphatic carbocycles. The van der Waals surface area contributed by atoms with Gasteiger partial charge in [-0.2, -0.15) is 0 Å². The molecule has 0 spiro atoms. The molecule has 0 atom stereocenters. The molecule has 0 radical (unpaired) electrons. The fourth-order valence-corrected chi connectivity index (χ4v) is 5.34. The number of anilines is 3. The van der Waals surface area contributed by atoms with Gasteiger partial charge in [0.1, 0.15) is 0 Å². The van der Waals surface area contributed by atoms with Crippen LogP contribution in [0.5, 0.6) is 0 Å². The Labute approximate surface area is 267 Å². The molecule has 0 bridgehead atoms. The van der Waals surface area contributed by atoms with Gasteiger partial charge in [0.05, 0.1) is 5.69 Å². The molecule has 6 aromatic carbocycles. The summed E-state index contributed by atoms with van der Waals surface area (Å²) in [6, 6.07) is 55.0. The molecule has 0 amide bonds. The second-order valence-electron chi connectivity index (χ2n) is 10.7. The smallest absolute Gasteiger partial charge is 0.0540 e. The van der Waals surface area contributed by atoms with Crippen molar-refractivity contribution >= 4 is 59.6 Å². The highest BCUT2D eigenvalue weighted by atomic mass is 15.1. The highest BCUT2D eigenvalue weighted by Gasteiger charge is 2.18. The summed E-state index contributed by atoms with van der Waals surface area (Å²) < 4.78 is 0. The Balaban J connectivity index is 1.60. The number of para-hydroxylation sites is 1. The van der Waals surface area contributed by atoms with E-state index in [2.05, 4.69) is 200 Å². The fourth-order valence-electron chi connectivity index (χ4n) is 5.34. The molecule has 0 fully saturated rings. The Kier molecular flexibility index (Phi) is 9.40. The lowest BCUT2D eigenvalue weighted by Crippen LogP contribution is -2.12. The molecular weight excluding hydrogens is 542 g/mol. The summed E-state index contributed by atoms with van der Waals surface area (Å²) >= 11 is 0. The maximum absolute atomic E-state index is 3.96. The predicted molar refractivity (Wildman–Crippen MR) is 197 cm³/mol. The van der Waals surface area contributed by atoms with Crippen LogP contribution in [0.15, 0.2) is 164 Å². The third-order valence-corrected chi connectivity index (χ3v) is 7.68. The first-order chi connectivity index (χ1) is 22.3. The molecule has 6 rings (SSSR count). The quantitative estimate of drug-likeness (QED) is 0.146. The lowest BCUT2D eigenvalue weighted by atomic mass is 9.94. The summed E-state index contributed by atoms with van der Waals surface area (Å²) in [6.07, 6.45) is 15.2. The number of benzene rings is 6. The molecule has 216 valence electrons. The average Bonchev–Trinajstić information content (AvgIpc) is 3.11. The molecule has 0 N–H and O–H groups in total. The van der Waals surface area contributed by atoms with Crippen LogP contribution >= 0.6 is 0 Å². The van der Waals surface area contributed by atoms with Crippen molar-refractivity contribution in [2.45, 2.75) is 0 Å². The first-order valence-electron chi connectivity index (χ1n) is 15.2. The van der Waals surface area contributed by atoms with Gasteiger partial charge < -0.3 is 4.90 Å². The molecule has 1 heteroatoms. The summed E-state index contributed by atoms with van der Waals surface area (Å²) in [4.78, 5) is 2.34. The van der Waals surface area contributed by atoms with Gasteiger partial charge in [-0.1, -0.05) is 177 Å². The van der Waals surface area contributed by atoms with Crippen molar-refractivity contribution < 1.29 is 0 Å². The molecule has 45 heavy (non-hydrogen) atoms. The lowest BCUT2D eigenvalue weighted by molar-refractivity contribution is 1.27. The predicted octanol–water partition coefficient (Wildman–Crippen LogP) is 12.3. The van der Waals surface area contributed by atoms with Gasteiger partial charge in [0, 0.05) is 16.9 Å². The van der Waals surface area contributed by atoms with E-state index in [0.717, 1.165) is 56.0 Å². The number of nitrogens with zero attached hydrogens (tertiary/aromatic N) is 1. The van der Waals surface area contributed by atoms with Crippen LogP contribution in [-0.4, -0.2) is 0 Å². The minimum absolute atomic E-state index is 1.08. The third-order valence-electron chi connectivity index (χ3n) is 7.68. The molecule has 6 aromatic rings. The monoisotopic (exact) mass is 577 g/mol. The highest BCUT2D eigenvalue weighted by molar-refractivity contribution is 5.93. The highest BCUT2D eigenvalue weighted by Crippen LogP contribution is 2.40. The second-order valence-corrected chi connectivity index (χ2v) is 10.7. The number of hydrogen-bond acceptors (Lipinski definition) is 1. The van der Waals surface area contributed by atoms with Gasteiger partial charge in [0.15, 0.2) is 0 Å². The van der Waals surface area contributed by atoms with Gasteiger partial charge >= 0.3 is 0 Å². The van der Waals surface area contributed by atoms with E-state index in [-0.39, 0.29) is 0 Å². The van der Waals surface area contributed by atoms with Gasteiger partial charge in [-0.25, -0.2) is 0 Å². The normalized spacial score (nSPS) is 11.4. The molecule has 0 unspecified atom stereocenters. The van der Waals surface area contributed by atoms with Crippen molar-refractivity contribution in [1.29, 1.82) is 0 Å². The van der Waals surface area contributed by atoms with Crippen molar-refractivity contribution in [2.24, 2.45) is 0 Å².